The van der Waals surface area contributed by atoms with Crippen LogP contribution in [0.5, 0.6) is 0 Å². The van der Waals surface area contributed by atoms with E-state index in [1.54, 1.807) is 11.9 Å². The second-order valence-electron chi connectivity index (χ2n) is 6.33. The quantitative estimate of drug-likeness (QED) is 0.469. The lowest BCUT2D eigenvalue weighted by Gasteiger charge is -2.17. The number of amides is 1. The maximum atomic E-state index is 13.0. The highest BCUT2D eigenvalue weighted by Gasteiger charge is 2.16. The van der Waals surface area contributed by atoms with Gasteiger partial charge in [-0.25, -0.2) is 4.98 Å². The number of fused-ring (bicyclic) bond motifs is 1. The third-order valence-electron chi connectivity index (χ3n) is 4.40. The number of nitrogens with zero attached hydrogens (tertiary/aromatic N) is 3. The molecule has 3 heterocycles. The Morgan fingerprint density at radius 3 is 2.71 bits per heavy atom. The summed E-state index contributed by atoms with van der Waals surface area (Å²) in [6.45, 7) is 0.399. The molecule has 0 radical (unpaired) electrons. The molecule has 0 saturated carbocycles. The van der Waals surface area contributed by atoms with Crippen molar-refractivity contribution < 1.29 is 4.79 Å². The fraction of sp³-hybridized carbons (Fsp3) is 0.150. The number of benzene rings is 1. The Kier molecular flexibility index (Phi) is 5.30. The van der Waals surface area contributed by atoms with Crippen LogP contribution in [0, 0.1) is 0 Å². The van der Waals surface area contributed by atoms with Crippen molar-refractivity contribution in [1.82, 2.24) is 14.5 Å². The van der Waals surface area contributed by atoms with Crippen molar-refractivity contribution in [3.8, 4) is 11.1 Å². The Morgan fingerprint density at radius 2 is 2.00 bits per heavy atom. The molecule has 4 aromatic rings. The van der Waals surface area contributed by atoms with E-state index >= 15 is 0 Å². The zero-order valence-corrected chi connectivity index (χ0v) is 17.4. The molecule has 0 atom stereocenters. The van der Waals surface area contributed by atoms with Crippen LogP contribution in [0.25, 0.3) is 21.3 Å². The van der Waals surface area contributed by atoms with Gasteiger partial charge in [0.05, 0.1) is 22.6 Å². The average molecular weight is 430 g/mol. The van der Waals surface area contributed by atoms with Gasteiger partial charge in [-0.1, -0.05) is 41.9 Å². The maximum absolute atomic E-state index is 13.0. The first-order valence-corrected chi connectivity index (χ1v) is 10.6. The van der Waals surface area contributed by atoms with E-state index in [2.05, 4.69) is 4.98 Å². The number of thiophene rings is 2. The molecular formula is C20H16ClN3O2S2. The molecule has 3 aromatic heterocycles. The second-order valence-corrected chi connectivity index (χ2v) is 8.99. The van der Waals surface area contributed by atoms with Gasteiger partial charge in [-0.05, 0) is 17.7 Å². The van der Waals surface area contributed by atoms with Crippen molar-refractivity contribution >= 4 is 50.4 Å². The Balaban J connectivity index is 1.61. The molecule has 1 aromatic carbocycles. The predicted octanol–water partition coefficient (Wildman–Crippen LogP) is 4.50. The standard InChI is InChI=1S/C20H16ClN3O2S2/c1-23(9-14-7-8-16(21)28-14)17(25)10-24-12-22-19-18(20(24)26)15(11-27-19)13-5-3-2-4-6-13/h2-8,11-12H,9-10H2,1H3. The lowest BCUT2D eigenvalue weighted by atomic mass is 10.1. The molecule has 0 aliphatic rings. The van der Waals surface area contributed by atoms with Gasteiger partial charge in [0.2, 0.25) is 5.91 Å². The highest BCUT2D eigenvalue weighted by molar-refractivity contribution is 7.17. The number of aromatic nitrogens is 2. The van der Waals surface area contributed by atoms with E-state index in [1.165, 1.54) is 33.6 Å². The first-order valence-electron chi connectivity index (χ1n) is 8.53. The molecule has 0 aliphatic heterocycles. The summed E-state index contributed by atoms with van der Waals surface area (Å²) in [7, 11) is 1.72. The monoisotopic (exact) mass is 429 g/mol. The molecule has 0 unspecified atom stereocenters. The number of hydrogen-bond donors (Lipinski definition) is 0. The van der Waals surface area contributed by atoms with Gasteiger partial charge >= 0.3 is 0 Å². The Hall–Kier alpha value is -2.48. The molecule has 0 bridgehead atoms. The van der Waals surface area contributed by atoms with Crippen molar-refractivity contribution in [2.24, 2.45) is 0 Å². The fourth-order valence-electron chi connectivity index (χ4n) is 2.94. The molecule has 0 spiro atoms. The van der Waals surface area contributed by atoms with Gasteiger partial charge in [0.15, 0.2) is 0 Å². The van der Waals surface area contributed by atoms with Gasteiger partial charge in [0.1, 0.15) is 11.4 Å². The smallest absolute Gasteiger partial charge is 0.263 e. The van der Waals surface area contributed by atoms with Crippen molar-refractivity contribution in [3.05, 3.63) is 73.7 Å². The van der Waals surface area contributed by atoms with Gasteiger partial charge < -0.3 is 4.90 Å². The van der Waals surface area contributed by atoms with E-state index in [9.17, 15) is 9.59 Å². The van der Waals surface area contributed by atoms with Crippen LogP contribution in [0.15, 0.2) is 59.0 Å². The minimum atomic E-state index is -0.203. The number of halogens is 1. The van der Waals surface area contributed by atoms with Gasteiger partial charge in [-0.3, -0.25) is 14.2 Å². The molecule has 0 saturated heterocycles. The number of hydrogen-bond acceptors (Lipinski definition) is 5. The van der Waals surface area contributed by atoms with Crippen LogP contribution in [-0.4, -0.2) is 27.4 Å². The highest BCUT2D eigenvalue weighted by atomic mass is 35.5. The van der Waals surface area contributed by atoms with E-state index in [-0.39, 0.29) is 18.0 Å². The minimum Gasteiger partial charge on any atom is -0.339 e. The van der Waals surface area contributed by atoms with E-state index in [1.807, 2.05) is 47.8 Å². The van der Waals surface area contributed by atoms with Crippen LogP contribution in [-0.2, 0) is 17.9 Å². The molecule has 142 valence electrons. The summed E-state index contributed by atoms with van der Waals surface area (Å²) in [4.78, 5) is 33.3. The first kappa shape index (κ1) is 18.9. The average Bonchev–Trinajstić information content (AvgIpc) is 3.31. The predicted molar refractivity (Wildman–Crippen MR) is 115 cm³/mol. The second kappa shape index (κ2) is 7.87. The van der Waals surface area contributed by atoms with Gasteiger partial charge in [-0.15, -0.1) is 22.7 Å². The van der Waals surface area contributed by atoms with Gasteiger partial charge in [0.25, 0.3) is 5.56 Å². The molecule has 8 heteroatoms. The summed E-state index contributed by atoms with van der Waals surface area (Å²) in [5.41, 5.74) is 1.61. The molecule has 5 nitrogen and oxygen atoms in total. The molecule has 0 aliphatic carbocycles. The van der Waals surface area contributed by atoms with E-state index in [4.69, 9.17) is 11.6 Å². The van der Waals surface area contributed by atoms with E-state index < -0.39 is 0 Å². The summed E-state index contributed by atoms with van der Waals surface area (Å²) in [6.07, 6.45) is 1.45. The lowest BCUT2D eigenvalue weighted by Crippen LogP contribution is -2.33. The SMILES string of the molecule is CN(Cc1ccc(Cl)s1)C(=O)Cn1cnc2scc(-c3ccccc3)c2c1=O. The van der Waals surface area contributed by atoms with Crippen LogP contribution in [0.1, 0.15) is 4.88 Å². The molecular weight excluding hydrogens is 414 g/mol. The maximum Gasteiger partial charge on any atom is 0.263 e. The van der Waals surface area contributed by atoms with Crippen LogP contribution in [0.4, 0.5) is 0 Å². The van der Waals surface area contributed by atoms with Crippen molar-refractivity contribution in [1.29, 1.82) is 0 Å². The lowest BCUT2D eigenvalue weighted by molar-refractivity contribution is -0.131. The van der Waals surface area contributed by atoms with Gasteiger partial charge in [-0.2, -0.15) is 0 Å². The van der Waals surface area contributed by atoms with Crippen LogP contribution in [0.2, 0.25) is 4.34 Å². The van der Waals surface area contributed by atoms with Crippen LogP contribution < -0.4 is 5.56 Å². The molecule has 4 rings (SSSR count). The Bertz CT molecular complexity index is 1200. The third-order valence-corrected chi connectivity index (χ3v) is 6.50. The normalized spacial score (nSPS) is 11.1. The molecule has 28 heavy (non-hydrogen) atoms. The van der Waals surface area contributed by atoms with E-state index in [0.717, 1.165) is 16.0 Å². The van der Waals surface area contributed by atoms with Crippen molar-refractivity contribution in [3.63, 3.8) is 0 Å². The minimum absolute atomic E-state index is 0.0541. The topological polar surface area (TPSA) is 55.2 Å². The zero-order chi connectivity index (χ0) is 19.7. The first-order chi connectivity index (χ1) is 13.5. The summed E-state index contributed by atoms with van der Waals surface area (Å²) in [5.74, 6) is -0.163. The fourth-order valence-corrected chi connectivity index (χ4v) is 4.98. The third kappa shape index (κ3) is 3.73. The zero-order valence-electron chi connectivity index (χ0n) is 15.0. The number of carbonyl (C=O) groups is 1. The van der Waals surface area contributed by atoms with Crippen molar-refractivity contribution in [2.75, 3.05) is 7.05 Å². The largest absolute Gasteiger partial charge is 0.339 e. The molecule has 0 N–H and O–H groups in total. The van der Waals surface area contributed by atoms with E-state index in [0.29, 0.717) is 21.1 Å². The molecule has 0 fully saturated rings. The van der Waals surface area contributed by atoms with Crippen LogP contribution >= 0.6 is 34.3 Å². The number of rotatable bonds is 5. The summed E-state index contributed by atoms with van der Waals surface area (Å²) < 4.78 is 2.06. The molecule has 1 amide bonds. The Morgan fingerprint density at radius 1 is 1.21 bits per heavy atom. The highest BCUT2D eigenvalue weighted by Crippen LogP contribution is 2.30. The Labute approximate surface area is 174 Å². The summed E-state index contributed by atoms with van der Waals surface area (Å²) in [5, 5.41) is 2.49. The summed E-state index contributed by atoms with van der Waals surface area (Å²) >= 11 is 8.81. The van der Waals surface area contributed by atoms with Crippen molar-refractivity contribution in [2.45, 2.75) is 13.1 Å². The van der Waals surface area contributed by atoms with Crippen LogP contribution in [0.3, 0.4) is 0 Å². The summed E-state index contributed by atoms with van der Waals surface area (Å²) in [6, 6.07) is 13.4. The number of likely N-dealkylation sites (N-methyl/N-ethyl adjacent to an activating group) is 1. The van der Waals surface area contributed by atoms with Gasteiger partial charge in [0, 0.05) is 22.9 Å². The number of carbonyl (C=O) groups excluding carboxylic acids is 1.